The van der Waals surface area contributed by atoms with Gasteiger partial charge in [-0.05, 0) is 44.2 Å². The van der Waals surface area contributed by atoms with Crippen LogP contribution < -0.4 is 10.1 Å². The Balaban J connectivity index is 1.65. The molecule has 1 heterocycles. The Hall–Kier alpha value is -1.99. The number of benzene rings is 1. The van der Waals surface area contributed by atoms with Crippen LogP contribution in [0.4, 0.5) is 0 Å². The zero-order chi connectivity index (χ0) is 20.1. The van der Waals surface area contributed by atoms with Crippen molar-refractivity contribution in [2.45, 2.75) is 45.2 Å². The first-order chi connectivity index (χ1) is 13.5. The number of carbonyl (C=O) groups excluding carboxylic acids is 1. The van der Waals surface area contributed by atoms with Crippen LogP contribution >= 0.6 is 15.9 Å². The van der Waals surface area contributed by atoms with Crippen molar-refractivity contribution in [3.8, 4) is 17.1 Å². The fraction of sp³-hybridized carbons (Fsp3) is 0.476. The average molecular weight is 448 g/mol. The van der Waals surface area contributed by atoms with E-state index >= 15 is 0 Å². The quantitative estimate of drug-likeness (QED) is 0.673. The maximum Gasteiger partial charge on any atom is 0.308 e. The lowest BCUT2D eigenvalue weighted by Crippen LogP contribution is -2.35. The van der Waals surface area contributed by atoms with Crippen molar-refractivity contribution in [3.05, 3.63) is 40.1 Å². The summed E-state index contributed by atoms with van der Waals surface area (Å²) in [5, 5.41) is 3.53. The highest BCUT2D eigenvalue weighted by atomic mass is 79.9. The maximum absolute atomic E-state index is 11.6. The lowest BCUT2D eigenvalue weighted by molar-refractivity contribution is -0.146. The third kappa shape index (κ3) is 4.70. The van der Waals surface area contributed by atoms with Crippen LogP contribution in [0.5, 0.6) is 5.88 Å². The monoisotopic (exact) mass is 447 g/mol. The summed E-state index contributed by atoms with van der Waals surface area (Å²) in [7, 11) is 3.07. The topological polar surface area (TPSA) is 73.3 Å². The number of esters is 1. The van der Waals surface area contributed by atoms with E-state index in [0.29, 0.717) is 18.5 Å². The van der Waals surface area contributed by atoms with Crippen molar-refractivity contribution in [2.24, 2.45) is 5.92 Å². The molecule has 6 nitrogen and oxygen atoms in total. The molecule has 2 aromatic rings. The predicted octanol–water partition coefficient (Wildman–Crippen LogP) is 4.04. The number of nitrogens with one attached hydrogen (secondary N) is 1. The van der Waals surface area contributed by atoms with Crippen molar-refractivity contribution >= 4 is 21.9 Å². The molecule has 0 amide bonds. The van der Waals surface area contributed by atoms with Crippen molar-refractivity contribution in [1.29, 1.82) is 0 Å². The van der Waals surface area contributed by atoms with Crippen LogP contribution in [-0.4, -0.2) is 36.2 Å². The molecule has 0 radical (unpaired) electrons. The molecule has 28 heavy (non-hydrogen) atoms. The minimum atomic E-state index is -0.0931. The summed E-state index contributed by atoms with van der Waals surface area (Å²) < 4.78 is 11.4. The number of hydrogen-bond donors (Lipinski definition) is 1. The summed E-state index contributed by atoms with van der Waals surface area (Å²) in [6.45, 7) is 2.63. The normalized spacial score (nSPS) is 19.3. The Morgan fingerprint density at radius 2 is 2.00 bits per heavy atom. The largest absolute Gasteiger partial charge is 0.480 e. The van der Waals surface area contributed by atoms with Gasteiger partial charge in [-0.1, -0.05) is 28.1 Å². The number of methoxy groups -OCH3 is 2. The molecule has 0 unspecified atom stereocenters. The van der Waals surface area contributed by atoms with E-state index in [2.05, 4.69) is 31.2 Å². The highest BCUT2D eigenvalue weighted by Gasteiger charge is 2.26. The molecule has 7 heteroatoms. The minimum Gasteiger partial charge on any atom is -0.480 e. The second-order valence-corrected chi connectivity index (χ2v) is 7.93. The first kappa shape index (κ1) is 20.7. The zero-order valence-corrected chi connectivity index (χ0v) is 18.1. The summed E-state index contributed by atoms with van der Waals surface area (Å²) >= 11 is 3.56. The van der Waals surface area contributed by atoms with Gasteiger partial charge in [0.15, 0.2) is 0 Å². The molecule has 3 rings (SSSR count). The van der Waals surface area contributed by atoms with Crippen LogP contribution in [0.15, 0.2) is 28.9 Å². The molecule has 1 N–H and O–H groups in total. The van der Waals surface area contributed by atoms with Gasteiger partial charge in [0, 0.05) is 22.6 Å². The SMILES string of the molecule is COC(=O)C1CCC(NCc2ncc(-c3cccc(Br)c3C)nc2OC)CC1. The van der Waals surface area contributed by atoms with E-state index in [4.69, 9.17) is 9.47 Å². The molecular weight excluding hydrogens is 422 g/mol. The number of hydrogen-bond acceptors (Lipinski definition) is 6. The Labute approximate surface area is 174 Å². The molecule has 1 aliphatic carbocycles. The Morgan fingerprint density at radius 1 is 1.25 bits per heavy atom. The van der Waals surface area contributed by atoms with Gasteiger partial charge in [-0.15, -0.1) is 0 Å². The van der Waals surface area contributed by atoms with Gasteiger partial charge in [0.05, 0.1) is 32.0 Å². The van der Waals surface area contributed by atoms with E-state index in [1.807, 2.05) is 25.1 Å². The molecule has 0 saturated heterocycles. The van der Waals surface area contributed by atoms with E-state index < -0.39 is 0 Å². The highest BCUT2D eigenvalue weighted by molar-refractivity contribution is 9.10. The predicted molar refractivity (Wildman–Crippen MR) is 111 cm³/mol. The van der Waals surface area contributed by atoms with E-state index in [0.717, 1.165) is 52.7 Å². The van der Waals surface area contributed by atoms with Crippen molar-refractivity contribution < 1.29 is 14.3 Å². The zero-order valence-electron chi connectivity index (χ0n) is 16.5. The minimum absolute atomic E-state index is 0.0325. The summed E-state index contributed by atoms with van der Waals surface area (Å²) in [6.07, 6.45) is 5.40. The first-order valence-electron chi connectivity index (χ1n) is 9.50. The van der Waals surface area contributed by atoms with Gasteiger partial charge >= 0.3 is 5.97 Å². The molecule has 1 aromatic carbocycles. The van der Waals surface area contributed by atoms with Crippen LogP contribution in [0.1, 0.15) is 36.9 Å². The highest BCUT2D eigenvalue weighted by Crippen LogP contribution is 2.29. The molecule has 0 atom stereocenters. The van der Waals surface area contributed by atoms with Crippen molar-refractivity contribution in [3.63, 3.8) is 0 Å². The van der Waals surface area contributed by atoms with Crippen molar-refractivity contribution in [2.75, 3.05) is 14.2 Å². The maximum atomic E-state index is 11.6. The average Bonchev–Trinajstić information content (AvgIpc) is 2.74. The number of ether oxygens (including phenoxy) is 2. The standard InChI is InChI=1S/C21H26BrN3O3/c1-13-16(5-4-6-17(13)22)18-11-24-19(20(25-18)27-2)12-23-15-9-7-14(8-10-15)21(26)28-3/h4-6,11,14-15,23H,7-10,12H2,1-3H3. The van der Waals surface area contributed by atoms with E-state index in [9.17, 15) is 4.79 Å². The second-order valence-electron chi connectivity index (χ2n) is 7.08. The first-order valence-corrected chi connectivity index (χ1v) is 10.3. The van der Waals surface area contributed by atoms with Gasteiger partial charge in [0.25, 0.3) is 0 Å². The van der Waals surface area contributed by atoms with E-state index in [1.54, 1.807) is 13.3 Å². The fourth-order valence-electron chi connectivity index (χ4n) is 3.64. The van der Waals surface area contributed by atoms with Crippen LogP contribution in [-0.2, 0) is 16.1 Å². The Bertz CT molecular complexity index is 836. The lowest BCUT2D eigenvalue weighted by Gasteiger charge is -2.27. The van der Waals surface area contributed by atoms with Gasteiger partial charge in [-0.25, -0.2) is 4.98 Å². The molecule has 0 bridgehead atoms. The number of nitrogens with zero attached hydrogens (tertiary/aromatic N) is 2. The van der Waals surface area contributed by atoms with Crippen LogP contribution in [0.3, 0.4) is 0 Å². The summed E-state index contributed by atoms with van der Waals surface area (Å²) in [5.74, 6) is 0.474. The molecule has 0 aliphatic heterocycles. The third-order valence-corrected chi connectivity index (χ3v) is 6.23. The Kier molecular flexibility index (Phi) is 7.02. The van der Waals surface area contributed by atoms with Crippen LogP contribution in [0.2, 0.25) is 0 Å². The van der Waals surface area contributed by atoms with Gasteiger partial charge in [-0.3, -0.25) is 9.78 Å². The lowest BCUT2D eigenvalue weighted by atomic mass is 9.86. The Morgan fingerprint density at radius 3 is 2.68 bits per heavy atom. The summed E-state index contributed by atoms with van der Waals surface area (Å²) in [4.78, 5) is 20.9. The molecule has 1 fully saturated rings. The van der Waals surface area contributed by atoms with Crippen LogP contribution in [0, 0.1) is 12.8 Å². The van der Waals surface area contributed by atoms with Gasteiger partial charge in [-0.2, -0.15) is 0 Å². The van der Waals surface area contributed by atoms with Gasteiger partial charge < -0.3 is 14.8 Å². The molecule has 0 spiro atoms. The smallest absolute Gasteiger partial charge is 0.308 e. The summed E-state index contributed by atoms with van der Waals surface area (Å²) in [5.41, 5.74) is 3.72. The molecule has 1 aliphatic rings. The van der Waals surface area contributed by atoms with Gasteiger partial charge in [0.1, 0.15) is 5.69 Å². The fourth-order valence-corrected chi connectivity index (χ4v) is 4.00. The van der Waals surface area contributed by atoms with Gasteiger partial charge in [0.2, 0.25) is 5.88 Å². The summed E-state index contributed by atoms with van der Waals surface area (Å²) in [6, 6.07) is 6.39. The van der Waals surface area contributed by atoms with Crippen molar-refractivity contribution in [1.82, 2.24) is 15.3 Å². The third-order valence-electron chi connectivity index (χ3n) is 5.37. The number of carbonyl (C=O) groups is 1. The van der Waals surface area contributed by atoms with Crippen LogP contribution in [0.25, 0.3) is 11.3 Å². The molecular formula is C21H26BrN3O3. The second kappa shape index (κ2) is 9.47. The molecule has 1 saturated carbocycles. The van der Waals surface area contributed by atoms with E-state index in [-0.39, 0.29) is 11.9 Å². The van der Waals surface area contributed by atoms with E-state index in [1.165, 1.54) is 7.11 Å². The molecule has 150 valence electrons. The number of aromatic nitrogens is 2. The number of halogens is 1. The number of rotatable bonds is 6. The molecule has 1 aromatic heterocycles.